The van der Waals surface area contributed by atoms with Gasteiger partial charge in [0.05, 0.1) is 4.90 Å². The summed E-state index contributed by atoms with van der Waals surface area (Å²) in [6.07, 6.45) is 0. The zero-order valence-electron chi connectivity index (χ0n) is 12.2. The highest BCUT2D eigenvalue weighted by atomic mass is 79.9. The zero-order valence-corrected chi connectivity index (χ0v) is 16.2. The largest absolute Gasteiger partial charge is 0.300 e. The van der Waals surface area contributed by atoms with Crippen molar-refractivity contribution >= 4 is 41.9 Å². The smallest absolute Gasteiger partial charge is 0.244 e. The SMILES string of the molecule is CC(C)CN1CCN(S(=O)(=O)c2cc(Br)ccc2Br)CC1. The third kappa shape index (κ3) is 4.28. The van der Waals surface area contributed by atoms with Gasteiger partial charge in [-0.1, -0.05) is 29.8 Å². The van der Waals surface area contributed by atoms with Gasteiger partial charge in [0.1, 0.15) is 0 Å². The summed E-state index contributed by atoms with van der Waals surface area (Å²) in [7, 11) is -3.44. The van der Waals surface area contributed by atoms with Gasteiger partial charge in [-0.2, -0.15) is 4.31 Å². The normalized spacial score (nSPS) is 18.3. The van der Waals surface area contributed by atoms with Crippen LogP contribution in [-0.2, 0) is 10.0 Å². The number of hydrogen-bond acceptors (Lipinski definition) is 3. The molecule has 1 heterocycles. The van der Waals surface area contributed by atoms with Crippen molar-refractivity contribution in [3.05, 3.63) is 27.1 Å². The monoisotopic (exact) mass is 438 g/mol. The van der Waals surface area contributed by atoms with Gasteiger partial charge in [-0.15, -0.1) is 0 Å². The van der Waals surface area contributed by atoms with Crippen molar-refractivity contribution in [2.24, 2.45) is 5.92 Å². The summed E-state index contributed by atoms with van der Waals surface area (Å²) in [5, 5.41) is 0. The van der Waals surface area contributed by atoms with Crippen molar-refractivity contribution in [3.8, 4) is 0 Å². The molecule has 0 bridgehead atoms. The fraction of sp³-hybridized carbons (Fsp3) is 0.571. The lowest BCUT2D eigenvalue weighted by Crippen LogP contribution is -2.49. The molecule has 0 aliphatic carbocycles. The van der Waals surface area contributed by atoms with Gasteiger partial charge in [0, 0.05) is 41.7 Å². The van der Waals surface area contributed by atoms with Gasteiger partial charge in [0.2, 0.25) is 10.0 Å². The Morgan fingerprint density at radius 1 is 1.14 bits per heavy atom. The van der Waals surface area contributed by atoms with Gasteiger partial charge >= 0.3 is 0 Å². The highest BCUT2D eigenvalue weighted by molar-refractivity contribution is 9.11. The number of nitrogens with zero attached hydrogens (tertiary/aromatic N) is 2. The summed E-state index contributed by atoms with van der Waals surface area (Å²) in [6, 6.07) is 5.23. The fourth-order valence-electron chi connectivity index (χ4n) is 2.48. The van der Waals surface area contributed by atoms with Crippen molar-refractivity contribution < 1.29 is 8.42 Å². The lowest BCUT2D eigenvalue weighted by Gasteiger charge is -2.34. The average molecular weight is 440 g/mol. The number of piperazine rings is 1. The van der Waals surface area contributed by atoms with Crippen LogP contribution in [0.4, 0.5) is 0 Å². The van der Waals surface area contributed by atoms with Crippen LogP contribution in [0.3, 0.4) is 0 Å². The summed E-state index contributed by atoms with van der Waals surface area (Å²) in [6.45, 7) is 8.08. The lowest BCUT2D eigenvalue weighted by molar-refractivity contribution is 0.172. The molecule has 1 aliphatic heterocycles. The van der Waals surface area contributed by atoms with Crippen molar-refractivity contribution in [2.75, 3.05) is 32.7 Å². The molecular formula is C14H20Br2N2O2S. The van der Waals surface area contributed by atoms with Gasteiger partial charge in [-0.25, -0.2) is 8.42 Å². The van der Waals surface area contributed by atoms with E-state index in [1.165, 1.54) is 0 Å². The maximum atomic E-state index is 12.7. The van der Waals surface area contributed by atoms with E-state index >= 15 is 0 Å². The van der Waals surface area contributed by atoms with Crippen molar-refractivity contribution in [3.63, 3.8) is 0 Å². The lowest BCUT2D eigenvalue weighted by atomic mass is 10.2. The molecule has 7 heteroatoms. The standard InChI is InChI=1S/C14H20Br2N2O2S/c1-11(2)10-17-5-7-18(8-6-17)21(19,20)14-9-12(15)3-4-13(14)16/h3-4,9,11H,5-8,10H2,1-2H3. The van der Waals surface area contributed by atoms with E-state index in [0.29, 0.717) is 28.4 Å². The summed E-state index contributed by atoms with van der Waals surface area (Å²) in [5.41, 5.74) is 0. The molecular weight excluding hydrogens is 420 g/mol. The second kappa shape index (κ2) is 7.08. The zero-order chi connectivity index (χ0) is 15.6. The predicted octanol–water partition coefficient (Wildman–Crippen LogP) is 3.17. The van der Waals surface area contributed by atoms with E-state index < -0.39 is 10.0 Å². The van der Waals surface area contributed by atoms with Crippen molar-refractivity contribution in [2.45, 2.75) is 18.7 Å². The fourth-order valence-corrected chi connectivity index (χ4v) is 5.37. The Labute approximate surface area is 143 Å². The molecule has 2 rings (SSSR count). The number of hydrogen-bond donors (Lipinski definition) is 0. The minimum atomic E-state index is -3.44. The molecule has 1 aliphatic rings. The summed E-state index contributed by atoms with van der Waals surface area (Å²) in [4.78, 5) is 2.65. The Balaban J connectivity index is 2.13. The van der Waals surface area contributed by atoms with E-state index in [9.17, 15) is 8.42 Å². The Bertz CT molecular complexity index is 597. The third-order valence-electron chi connectivity index (χ3n) is 3.47. The number of sulfonamides is 1. The van der Waals surface area contributed by atoms with Gasteiger partial charge in [-0.3, -0.25) is 0 Å². The van der Waals surface area contributed by atoms with Gasteiger partial charge in [0.15, 0.2) is 0 Å². The highest BCUT2D eigenvalue weighted by Gasteiger charge is 2.30. The molecule has 1 saturated heterocycles. The second-order valence-electron chi connectivity index (χ2n) is 5.67. The Kier molecular flexibility index (Phi) is 5.87. The molecule has 0 N–H and O–H groups in total. The van der Waals surface area contributed by atoms with E-state index in [0.717, 1.165) is 24.1 Å². The first kappa shape index (κ1) is 17.4. The van der Waals surface area contributed by atoms with E-state index in [-0.39, 0.29) is 0 Å². The van der Waals surface area contributed by atoms with E-state index in [4.69, 9.17) is 0 Å². The highest BCUT2D eigenvalue weighted by Crippen LogP contribution is 2.28. The molecule has 0 aromatic heterocycles. The molecule has 0 spiro atoms. The molecule has 1 aromatic carbocycles. The molecule has 0 radical (unpaired) electrons. The van der Waals surface area contributed by atoms with Crippen LogP contribution in [0.5, 0.6) is 0 Å². The average Bonchev–Trinajstić information content (AvgIpc) is 2.41. The molecule has 21 heavy (non-hydrogen) atoms. The molecule has 0 saturated carbocycles. The first-order valence-corrected chi connectivity index (χ1v) is 10.0. The number of halogens is 2. The summed E-state index contributed by atoms with van der Waals surface area (Å²) < 4.78 is 28.4. The van der Waals surface area contributed by atoms with Crippen LogP contribution in [0.1, 0.15) is 13.8 Å². The van der Waals surface area contributed by atoms with Gasteiger partial charge in [-0.05, 0) is 40.0 Å². The molecule has 0 atom stereocenters. The van der Waals surface area contributed by atoms with E-state index in [2.05, 4.69) is 50.6 Å². The van der Waals surface area contributed by atoms with E-state index in [1.807, 2.05) is 6.07 Å². The number of benzene rings is 1. The molecule has 0 amide bonds. The predicted molar refractivity (Wildman–Crippen MR) is 91.9 cm³/mol. The maximum Gasteiger partial charge on any atom is 0.244 e. The molecule has 0 unspecified atom stereocenters. The van der Waals surface area contributed by atoms with Gasteiger partial charge < -0.3 is 4.90 Å². The van der Waals surface area contributed by atoms with Crippen LogP contribution in [0.15, 0.2) is 32.0 Å². The Hall–Kier alpha value is 0.0500. The topological polar surface area (TPSA) is 40.6 Å². The first-order chi connectivity index (χ1) is 9.80. The molecule has 1 fully saturated rings. The Morgan fingerprint density at radius 3 is 2.33 bits per heavy atom. The van der Waals surface area contributed by atoms with Crippen molar-refractivity contribution in [1.82, 2.24) is 9.21 Å². The summed E-state index contributed by atoms with van der Waals surface area (Å²) in [5.74, 6) is 0.604. The number of rotatable bonds is 4. The first-order valence-electron chi connectivity index (χ1n) is 6.98. The van der Waals surface area contributed by atoms with Crippen LogP contribution in [0.2, 0.25) is 0 Å². The maximum absolute atomic E-state index is 12.7. The molecule has 1 aromatic rings. The van der Waals surface area contributed by atoms with Crippen LogP contribution < -0.4 is 0 Å². The quantitative estimate of drug-likeness (QED) is 0.723. The Morgan fingerprint density at radius 2 is 1.76 bits per heavy atom. The van der Waals surface area contributed by atoms with E-state index in [1.54, 1.807) is 16.4 Å². The van der Waals surface area contributed by atoms with Crippen LogP contribution in [0.25, 0.3) is 0 Å². The summed E-state index contributed by atoms with van der Waals surface area (Å²) >= 11 is 6.68. The van der Waals surface area contributed by atoms with Gasteiger partial charge in [0.25, 0.3) is 0 Å². The van der Waals surface area contributed by atoms with Crippen LogP contribution >= 0.6 is 31.9 Å². The third-order valence-corrected chi connectivity index (χ3v) is 6.85. The van der Waals surface area contributed by atoms with Crippen LogP contribution in [0, 0.1) is 5.92 Å². The second-order valence-corrected chi connectivity index (χ2v) is 9.35. The van der Waals surface area contributed by atoms with Crippen molar-refractivity contribution in [1.29, 1.82) is 0 Å². The molecule has 118 valence electrons. The molecule has 4 nitrogen and oxygen atoms in total. The minimum Gasteiger partial charge on any atom is -0.300 e. The van der Waals surface area contributed by atoms with Crippen LogP contribution in [-0.4, -0.2) is 50.3 Å². The minimum absolute atomic E-state index is 0.328.